The van der Waals surface area contributed by atoms with Crippen molar-refractivity contribution in [3.8, 4) is 5.75 Å². The van der Waals surface area contributed by atoms with E-state index in [-0.39, 0.29) is 0 Å². The second-order valence-electron chi connectivity index (χ2n) is 2.77. The van der Waals surface area contributed by atoms with Gasteiger partial charge in [0.15, 0.2) is 0 Å². The standard InChI is InChI=1S/C10H12BrNO3/c1-3-15-10(13)8-7(14-2)5-4-6(12)9(8)11/h4-5H,3,12H2,1-2H3. The smallest absolute Gasteiger partial charge is 0.343 e. The van der Waals surface area contributed by atoms with Crippen LogP contribution in [0, 0.1) is 0 Å². The molecule has 0 amide bonds. The molecule has 2 N–H and O–H groups in total. The Morgan fingerprint density at radius 2 is 2.20 bits per heavy atom. The van der Waals surface area contributed by atoms with E-state index in [9.17, 15) is 4.79 Å². The van der Waals surface area contributed by atoms with E-state index in [0.29, 0.717) is 28.1 Å². The van der Waals surface area contributed by atoms with Crippen molar-refractivity contribution in [2.75, 3.05) is 19.5 Å². The zero-order valence-corrected chi connectivity index (χ0v) is 10.1. The van der Waals surface area contributed by atoms with E-state index < -0.39 is 5.97 Å². The zero-order valence-electron chi connectivity index (χ0n) is 8.54. The van der Waals surface area contributed by atoms with Crippen LogP contribution in [0.2, 0.25) is 0 Å². The predicted octanol–water partition coefficient (Wildman–Crippen LogP) is 2.22. The number of rotatable bonds is 3. The van der Waals surface area contributed by atoms with Gasteiger partial charge in [-0.05, 0) is 35.0 Å². The van der Waals surface area contributed by atoms with E-state index in [0.717, 1.165) is 0 Å². The Balaban J connectivity index is 3.23. The summed E-state index contributed by atoms with van der Waals surface area (Å²) in [5, 5.41) is 0. The number of ether oxygens (including phenoxy) is 2. The van der Waals surface area contributed by atoms with Gasteiger partial charge in [0.1, 0.15) is 11.3 Å². The minimum Gasteiger partial charge on any atom is -0.496 e. The monoisotopic (exact) mass is 273 g/mol. The topological polar surface area (TPSA) is 61.5 Å². The summed E-state index contributed by atoms with van der Waals surface area (Å²) in [4.78, 5) is 11.6. The van der Waals surface area contributed by atoms with Crippen molar-refractivity contribution in [3.05, 3.63) is 22.2 Å². The SMILES string of the molecule is CCOC(=O)c1c(OC)ccc(N)c1Br. The molecule has 0 heterocycles. The molecule has 1 aromatic carbocycles. The minimum atomic E-state index is -0.450. The van der Waals surface area contributed by atoms with Gasteiger partial charge in [-0.15, -0.1) is 0 Å². The van der Waals surface area contributed by atoms with Crippen LogP contribution >= 0.6 is 15.9 Å². The molecule has 0 aliphatic rings. The van der Waals surface area contributed by atoms with Crippen molar-refractivity contribution in [1.82, 2.24) is 0 Å². The third kappa shape index (κ3) is 2.41. The van der Waals surface area contributed by atoms with Crippen LogP contribution in [0.5, 0.6) is 5.75 Å². The number of nitrogens with two attached hydrogens (primary N) is 1. The molecule has 0 aromatic heterocycles. The van der Waals surface area contributed by atoms with Gasteiger partial charge in [0, 0.05) is 5.69 Å². The fourth-order valence-corrected chi connectivity index (χ4v) is 1.63. The number of hydrogen-bond donors (Lipinski definition) is 1. The zero-order chi connectivity index (χ0) is 11.4. The lowest BCUT2D eigenvalue weighted by Crippen LogP contribution is -2.08. The van der Waals surface area contributed by atoms with Gasteiger partial charge in [0.25, 0.3) is 0 Å². The van der Waals surface area contributed by atoms with Gasteiger partial charge in [-0.25, -0.2) is 4.79 Å². The van der Waals surface area contributed by atoms with Crippen LogP contribution in [0.4, 0.5) is 5.69 Å². The van der Waals surface area contributed by atoms with Gasteiger partial charge < -0.3 is 15.2 Å². The molecule has 0 saturated carbocycles. The molecule has 1 aromatic rings. The van der Waals surface area contributed by atoms with Crippen molar-refractivity contribution in [2.45, 2.75) is 6.92 Å². The molecule has 15 heavy (non-hydrogen) atoms. The van der Waals surface area contributed by atoms with Gasteiger partial charge in [-0.3, -0.25) is 0 Å². The van der Waals surface area contributed by atoms with E-state index in [4.69, 9.17) is 15.2 Å². The van der Waals surface area contributed by atoms with Gasteiger partial charge in [0.2, 0.25) is 0 Å². The summed E-state index contributed by atoms with van der Waals surface area (Å²) in [7, 11) is 1.49. The average molecular weight is 274 g/mol. The molecule has 0 atom stereocenters. The highest BCUT2D eigenvalue weighted by atomic mass is 79.9. The van der Waals surface area contributed by atoms with E-state index >= 15 is 0 Å². The summed E-state index contributed by atoms with van der Waals surface area (Å²) in [6.07, 6.45) is 0. The molecule has 0 radical (unpaired) electrons. The van der Waals surface area contributed by atoms with Crippen LogP contribution in [0.3, 0.4) is 0 Å². The minimum absolute atomic E-state index is 0.309. The van der Waals surface area contributed by atoms with E-state index in [1.165, 1.54) is 7.11 Å². The molecule has 0 saturated heterocycles. The van der Waals surface area contributed by atoms with Gasteiger partial charge in [0.05, 0.1) is 18.2 Å². The molecular weight excluding hydrogens is 262 g/mol. The van der Waals surface area contributed by atoms with Crippen molar-refractivity contribution in [2.24, 2.45) is 0 Å². The van der Waals surface area contributed by atoms with Crippen LogP contribution in [0.1, 0.15) is 17.3 Å². The lowest BCUT2D eigenvalue weighted by molar-refractivity contribution is 0.0521. The number of halogens is 1. The quantitative estimate of drug-likeness (QED) is 0.678. The maximum Gasteiger partial charge on any atom is 0.343 e. The van der Waals surface area contributed by atoms with Crippen molar-refractivity contribution in [3.63, 3.8) is 0 Å². The summed E-state index contributed by atoms with van der Waals surface area (Å²) in [5.74, 6) is -0.0111. The second kappa shape index (κ2) is 5.02. The molecule has 82 valence electrons. The number of esters is 1. The predicted molar refractivity (Wildman–Crippen MR) is 61.1 cm³/mol. The van der Waals surface area contributed by atoms with Crippen LogP contribution in [-0.4, -0.2) is 19.7 Å². The molecule has 0 aliphatic carbocycles. The summed E-state index contributed by atoms with van der Waals surface area (Å²) in [6.45, 7) is 2.05. The Labute approximate surface area is 96.5 Å². The van der Waals surface area contributed by atoms with Crippen LogP contribution in [0.15, 0.2) is 16.6 Å². The van der Waals surface area contributed by atoms with E-state index in [1.807, 2.05) is 0 Å². The molecule has 1 rings (SSSR count). The van der Waals surface area contributed by atoms with Crippen molar-refractivity contribution in [1.29, 1.82) is 0 Å². The molecule has 0 unspecified atom stereocenters. The first-order valence-electron chi connectivity index (χ1n) is 4.40. The first-order chi connectivity index (χ1) is 7.11. The highest BCUT2D eigenvalue weighted by Crippen LogP contribution is 2.32. The van der Waals surface area contributed by atoms with Gasteiger partial charge in [-0.1, -0.05) is 0 Å². The summed E-state index contributed by atoms with van der Waals surface area (Å²) in [5.41, 5.74) is 6.46. The highest BCUT2D eigenvalue weighted by molar-refractivity contribution is 9.10. The highest BCUT2D eigenvalue weighted by Gasteiger charge is 2.19. The maximum absolute atomic E-state index is 11.6. The van der Waals surface area contributed by atoms with Crippen LogP contribution < -0.4 is 10.5 Å². The first kappa shape index (κ1) is 11.8. The number of hydrogen-bond acceptors (Lipinski definition) is 4. The molecule has 0 spiro atoms. The normalized spacial score (nSPS) is 9.80. The Hall–Kier alpha value is -1.23. The third-order valence-corrected chi connectivity index (χ3v) is 2.69. The Morgan fingerprint density at radius 3 is 2.73 bits per heavy atom. The summed E-state index contributed by atoms with van der Waals surface area (Å²) in [6, 6.07) is 3.29. The lowest BCUT2D eigenvalue weighted by Gasteiger charge is -2.11. The van der Waals surface area contributed by atoms with E-state index in [2.05, 4.69) is 15.9 Å². The largest absolute Gasteiger partial charge is 0.496 e. The number of benzene rings is 1. The number of methoxy groups -OCH3 is 1. The number of carbonyl (C=O) groups excluding carboxylic acids is 1. The number of carbonyl (C=O) groups is 1. The van der Waals surface area contributed by atoms with Crippen molar-refractivity contribution >= 4 is 27.6 Å². The molecule has 4 nitrogen and oxygen atoms in total. The molecule has 0 bridgehead atoms. The average Bonchev–Trinajstić information content (AvgIpc) is 2.22. The second-order valence-corrected chi connectivity index (χ2v) is 3.56. The Kier molecular flexibility index (Phi) is 3.96. The lowest BCUT2D eigenvalue weighted by atomic mass is 10.2. The molecule has 0 aliphatic heterocycles. The molecular formula is C10H12BrNO3. The number of nitrogen functional groups attached to an aromatic ring is 1. The molecule has 0 fully saturated rings. The van der Waals surface area contributed by atoms with Crippen LogP contribution in [-0.2, 0) is 4.74 Å². The fraction of sp³-hybridized carbons (Fsp3) is 0.300. The van der Waals surface area contributed by atoms with E-state index in [1.54, 1.807) is 19.1 Å². The van der Waals surface area contributed by atoms with Crippen LogP contribution in [0.25, 0.3) is 0 Å². The maximum atomic E-state index is 11.6. The Morgan fingerprint density at radius 1 is 1.53 bits per heavy atom. The van der Waals surface area contributed by atoms with Crippen molar-refractivity contribution < 1.29 is 14.3 Å². The number of anilines is 1. The third-order valence-electron chi connectivity index (χ3n) is 1.83. The Bertz CT molecular complexity index is 379. The van der Waals surface area contributed by atoms with Gasteiger partial charge >= 0.3 is 5.97 Å². The fourth-order valence-electron chi connectivity index (χ4n) is 1.14. The summed E-state index contributed by atoms with van der Waals surface area (Å²) < 4.78 is 10.5. The summed E-state index contributed by atoms with van der Waals surface area (Å²) >= 11 is 3.24. The van der Waals surface area contributed by atoms with Gasteiger partial charge in [-0.2, -0.15) is 0 Å². The molecule has 5 heteroatoms. The first-order valence-corrected chi connectivity index (χ1v) is 5.20.